The van der Waals surface area contributed by atoms with Crippen molar-refractivity contribution in [3.63, 3.8) is 0 Å². The molecule has 0 atom stereocenters. The molecule has 1 amide bonds. The number of carbonyl (C=O) groups excluding carboxylic acids is 1. The van der Waals surface area contributed by atoms with Crippen LogP contribution in [0.5, 0.6) is 11.5 Å². The smallest absolute Gasteiger partial charge is 0.257 e. The van der Waals surface area contributed by atoms with Crippen molar-refractivity contribution in [1.29, 1.82) is 0 Å². The third-order valence-corrected chi connectivity index (χ3v) is 5.51. The average Bonchev–Trinajstić information content (AvgIpc) is 3.18. The largest absolute Gasteiger partial charge is 0.494 e. The first-order valence-electron chi connectivity index (χ1n) is 11.7. The van der Waals surface area contributed by atoms with E-state index in [0.717, 1.165) is 35.6 Å². The maximum atomic E-state index is 12.2. The van der Waals surface area contributed by atoms with E-state index in [9.17, 15) is 4.79 Å². The second kappa shape index (κ2) is 11.4. The molecule has 0 saturated heterocycles. The first kappa shape index (κ1) is 23.4. The lowest BCUT2D eigenvalue weighted by atomic mass is 10.1. The van der Waals surface area contributed by atoms with Crippen LogP contribution in [0.2, 0.25) is 0 Å². The summed E-state index contributed by atoms with van der Waals surface area (Å²) in [6.45, 7) is 6.08. The van der Waals surface area contributed by atoms with Gasteiger partial charge in [0.05, 0.1) is 17.6 Å². The van der Waals surface area contributed by atoms with Crippen LogP contribution >= 0.6 is 0 Å². The van der Waals surface area contributed by atoms with Crippen LogP contribution < -0.4 is 14.8 Å². The average molecular weight is 458 g/mol. The molecule has 1 aromatic heterocycles. The van der Waals surface area contributed by atoms with Gasteiger partial charge in [-0.05, 0) is 67.8 Å². The molecular formula is C28H31N3O3. The molecule has 4 rings (SSSR count). The molecule has 176 valence electrons. The molecule has 6 nitrogen and oxygen atoms in total. The van der Waals surface area contributed by atoms with Crippen LogP contribution in [0.3, 0.4) is 0 Å². The number of para-hydroxylation sites is 3. The molecule has 0 radical (unpaired) electrons. The Kier molecular flexibility index (Phi) is 7.81. The summed E-state index contributed by atoms with van der Waals surface area (Å²) in [6, 6.07) is 23.7. The molecule has 0 aliphatic carbocycles. The van der Waals surface area contributed by atoms with E-state index >= 15 is 0 Å². The second-order valence-electron chi connectivity index (χ2n) is 8.40. The Bertz CT molecular complexity index is 1210. The molecule has 0 fully saturated rings. The zero-order chi connectivity index (χ0) is 23.8. The lowest BCUT2D eigenvalue weighted by Gasteiger charge is -2.12. The number of nitrogens with one attached hydrogen (secondary N) is 1. The number of carbonyl (C=O) groups is 1. The number of aromatic nitrogens is 2. The van der Waals surface area contributed by atoms with Gasteiger partial charge < -0.3 is 19.4 Å². The summed E-state index contributed by atoms with van der Waals surface area (Å²) in [5, 5.41) is 2.93. The predicted octanol–water partition coefficient (Wildman–Crippen LogP) is 4.86. The Morgan fingerprint density at radius 3 is 2.44 bits per heavy atom. The van der Waals surface area contributed by atoms with Crippen LogP contribution in [0.1, 0.15) is 23.4 Å². The fourth-order valence-corrected chi connectivity index (χ4v) is 4.03. The van der Waals surface area contributed by atoms with Crippen molar-refractivity contribution in [3.8, 4) is 11.5 Å². The van der Waals surface area contributed by atoms with Crippen LogP contribution in [-0.4, -0.2) is 35.2 Å². The summed E-state index contributed by atoms with van der Waals surface area (Å²) in [4.78, 5) is 17.0. The van der Waals surface area contributed by atoms with Crippen LogP contribution in [0.4, 0.5) is 0 Å². The molecule has 0 saturated carbocycles. The number of nitrogens with zero attached hydrogens (tertiary/aromatic N) is 2. The van der Waals surface area contributed by atoms with Crippen molar-refractivity contribution >= 4 is 16.9 Å². The molecule has 4 aromatic rings. The summed E-state index contributed by atoms with van der Waals surface area (Å²) in [6.07, 6.45) is 1.50. The lowest BCUT2D eigenvalue weighted by molar-refractivity contribution is -0.123. The van der Waals surface area contributed by atoms with E-state index in [0.29, 0.717) is 25.3 Å². The number of fused-ring (bicyclic) bond motifs is 1. The molecule has 1 heterocycles. The van der Waals surface area contributed by atoms with Crippen LogP contribution in [0.25, 0.3) is 11.0 Å². The van der Waals surface area contributed by atoms with Gasteiger partial charge in [0.25, 0.3) is 5.91 Å². The molecule has 0 spiro atoms. The quantitative estimate of drug-likeness (QED) is 0.327. The summed E-state index contributed by atoms with van der Waals surface area (Å²) < 4.78 is 13.7. The van der Waals surface area contributed by atoms with E-state index < -0.39 is 0 Å². The number of hydrogen-bond acceptors (Lipinski definition) is 4. The first-order valence-corrected chi connectivity index (χ1v) is 11.7. The minimum Gasteiger partial charge on any atom is -0.494 e. The summed E-state index contributed by atoms with van der Waals surface area (Å²) in [7, 11) is 0. The van der Waals surface area contributed by atoms with Gasteiger partial charge in [0.2, 0.25) is 0 Å². The van der Waals surface area contributed by atoms with Gasteiger partial charge in [-0.25, -0.2) is 4.98 Å². The molecule has 0 bridgehead atoms. The van der Waals surface area contributed by atoms with Gasteiger partial charge in [0.1, 0.15) is 17.3 Å². The van der Waals surface area contributed by atoms with E-state index in [1.807, 2.05) is 48.5 Å². The predicted molar refractivity (Wildman–Crippen MR) is 134 cm³/mol. The zero-order valence-corrected chi connectivity index (χ0v) is 19.8. The molecule has 0 aliphatic rings. The van der Waals surface area contributed by atoms with Gasteiger partial charge in [0.15, 0.2) is 6.61 Å². The summed E-state index contributed by atoms with van der Waals surface area (Å²) >= 11 is 0. The number of benzene rings is 3. The van der Waals surface area contributed by atoms with E-state index in [4.69, 9.17) is 14.5 Å². The molecule has 0 unspecified atom stereocenters. The minimum absolute atomic E-state index is 0.00377. The summed E-state index contributed by atoms with van der Waals surface area (Å²) in [5.41, 5.74) is 4.47. The van der Waals surface area contributed by atoms with E-state index in [-0.39, 0.29) is 12.5 Å². The fourth-order valence-electron chi connectivity index (χ4n) is 4.03. The number of hydrogen-bond donors (Lipinski definition) is 1. The van der Waals surface area contributed by atoms with Crippen molar-refractivity contribution in [1.82, 2.24) is 14.9 Å². The molecule has 3 aromatic carbocycles. The highest BCUT2D eigenvalue weighted by Gasteiger charge is 2.11. The van der Waals surface area contributed by atoms with Gasteiger partial charge in [-0.15, -0.1) is 0 Å². The highest BCUT2D eigenvalue weighted by atomic mass is 16.5. The van der Waals surface area contributed by atoms with E-state index in [1.54, 1.807) is 0 Å². The lowest BCUT2D eigenvalue weighted by Crippen LogP contribution is -2.31. The van der Waals surface area contributed by atoms with Crippen molar-refractivity contribution in [2.45, 2.75) is 33.2 Å². The number of amides is 1. The third kappa shape index (κ3) is 6.38. The summed E-state index contributed by atoms with van der Waals surface area (Å²) in [5.74, 6) is 2.40. The maximum absolute atomic E-state index is 12.2. The number of imidazole rings is 1. The Hall–Kier alpha value is -3.80. The van der Waals surface area contributed by atoms with Crippen LogP contribution in [0.15, 0.2) is 72.8 Å². The number of ether oxygens (including phenoxy) is 2. The maximum Gasteiger partial charge on any atom is 0.257 e. The van der Waals surface area contributed by atoms with Gasteiger partial charge in [-0.2, -0.15) is 0 Å². The van der Waals surface area contributed by atoms with Gasteiger partial charge in [0, 0.05) is 19.5 Å². The second-order valence-corrected chi connectivity index (χ2v) is 8.40. The molecule has 1 N–H and O–H groups in total. The molecule has 34 heavy (non-hydrogen) atoms. The van der Waals surface area contributed by atoms with Crippen LogP contribution in [-0.2, 0) is 17.8 Å². The normalized spacial score (nSPS) is 10.9. The molecule has 6 heteroatoms. The number of rotatable bonds is 11. The Morgan fingerprint density at radius 2 is 1.65 bits per heavy atom. The highest BCUT2D eigenvalue weighted by Crippen LogP contribution is 2.19. The minimum atomic E-state index is -0.145. The Labute approximate surface area is 200 Å². The highest BCUT2D eigenvalue weighted by molar-refractivity contribution is 5.77. The Balaban J connectivity index is 1.31. The fraction of sp³-hybridized carbons (Fsp3) is 0.286. The first-order chi connectivity index (χ1) is 16.6. The van der Waals surface area contributed by atoms with Gasteiger partial charge in [-0.3, -0.25) is 4.79 Å². The SMILES string of the molecule is Cc1cc(C)cc(OCCCn2c(CCNC(=O)COc3ccccc3)nc3ccccc32)c1. The number of aryl methyl sites for hydroxylation is 3. The Morgan fingerprint density at radius 1 is 0.912 bits per heavy atom. The zero-order valence-electron chi connectivity index (χ0n) is 19.8. The van der Waals surface area contributed by atoms with E-state index in [1.165, 1.54) is 11.1 Å². The van der Waals surface area contributed by atoms with E-state index in [2.05, 4.69) is 48.0 Å². The van der Waals surface area contributed by atoms with Gasteiger partial charge >= 0.3 is 0 Å². The monoisotopic (exact) mass is 457 g/mol. The van der Waals surface area contributed by atoms with Crippen LogP contribution in [0, 0.1) is 13.8 Å². The van der Waals surface area contributed by atoms with Gasteiger partial charge in [-0.1, -0.05) is 36.4 Å². The molecule has 0 aliphatic heterocycles. The molecular weight excluding hydrogens is 426 g/mol. The topological polar surface area (TPSA) is 65.4 Å². The third-order valence-electron chi connectivity index (χ3n) is 5.51. The van der Waals surface area contributed by atoms with Crippen molar-refractivity contribution < 1.29 is 14.3 Å². The van der Waals surface area contributed by atoms with Crippen molar-refractivity contribution in [2.75, 3.05) is 19.8 Å². The van der Waals surface area contributed by atoms with Crippen molar-refractivity contribution in [3.05, 3.63) is 89.7 Å². The standard InChI is InChI=1S/C28H31N3O3/c1-21-17-22(2)19-24(18-21)33-16-8-15-31-26-12-7-6-11-25(26)30-27(31)13-14-29-28(32)20-34-23-9-4-3-5-10-23/h3-7,9-12,17-19H,8,13-16,20H2,1-2H3,(H,29,32). The van der Waals surface area contributed by atoms with Crippen molar-refractivity contribution in [2.24, 2.45) is 0 Å².